The first-order chi connectivity index (χ1) is 6.70. The maximum absolute atomic E-state index is 10.4. The van der Waals surface area contributed by atoms with E-state index in [2.05, 4.69) is 5.32 Å². The van der Waals surface area contributed by atoms with Crippen molar-refractivity contribution in [3.8, 4) is 0 Å². The van der Waals surface area contributed by atoms with Gasteiger partial charge in [-0.05, 0) is 18.6 Å². The van der Waals surface area contributed by atoms with Crippen LogP contribution in [0.15, 0.2) is 30.3 Å². The Morgan fingerprint density at radius 3 is 2.64 bits per heavy atom. The Labute approximate surface area is 82.7 Å². The van der Waals surface area contributed by atoms with E-state index < -0.39 is 12.0 Å². The maximum Gasteiger partial charge on any atom is 0.320 e. The highest BCUT2D eigenvalue weighted by Gasteiger charge is 2.09. The molecule has 0 amide bonds. The van der Waals surface area contributed by atoms with Gasteiger partial charge < -0.3 is 16.2 Å². The van der Waals surface area contributed by atoms with Crippen LogP contribution in [0.3, 0.4) is 0 Å². The smallest absolute Gasteiger partial charge is 0.320 e. The van der Waals surface area contributed by atoms with Crippen molar-refractivity contribution in [1.29, 1.82) is 0 Å². The van der Waals surface area contributed by atoms with Crippen molar-refractivity contribution in [2.45, 2.75) is 12.5 Å². The molecule has 0 fully saturated rings. The van der Waals surface area contributed by atoms with Crippen molar-refractivity contribution in [2.75, 3.05) is 11.9 Å². The fraction of sp³-hybridized carbons (Fsp3) is 0.300. The first kappa shape index (κ1) is 10.5. The number of anilines is 1. The number of nitrogens with one attached hydrogen (secondary N) is 1. The molecule has 1 aromatic carbocycles. The van der Waals surface area contributed by atoms with E-state index in [1.54, 1.807) is 0 Å². The van der Waals surface area contributed by atoms with Crippen LogP contribution in [0.25, 0.3) is 0 Å². The second-order valence-electron chi connectivity index (χ2n) is 3.03. The van der Waals surface area contributed by atoms with Crippen molar-refractivity contribution in [3.05, 3.63) is 30.3 Å². The minimum atomic E-state index is -0.958. The Kier molecular flexibility index (Phi) is 3.94. The van der Waals surface area contributed by atoms with Crippen LogP contribution in [0, 0.1) is 0 Å². The van der Waals surface area contributed by atoms with Crippen molar-refractivity contribution < 1.29 is 9.90 Å². The molecule has 14 heavy (non-hydrogen) atoms. The number of rotatable bonds is 5. The van der Waals surface area contributed by atoms with Gasteiger partial charge in [0.15, 0.2) is 0 Å². The fourth-order valence-electron chi connectivity index (χ4n) is 1.05. The first-order valence-electron chi connectivity index (χ1n) is 4.47. The topological polar surface area (TPSA) is 75.3 Å². The molecule has 1 rings (SSSR count). The summed E-state index contributed by atoms with van der Waals surface area (Å²) in [5, 5.41) is 11.6. The highest BCUT2D eigenvalue weighted by Crippen LogP contribution is 2.04. The van der Waals surface area contributed by atoms with E-state index in [4.69, 9.17) is 10.8 Å². The molecule has 0 saturated heterocycles. The highest BCUT2D eigenvalue weighted by molar-refractivity contribution is 5.73. The van der Waals surface area contributed by atoms with Crippen molar-refractivity contribution in [2.24, 2.45) is 5.73 Å². The molecular formula is C10H14N2O2. The molecule has 4 N–H and O–H groups in total. The first-order valence-corrected chi connectivity index (χ1v) is 4.47. The molecule has 0 spiro atoms. The lowest BCUT2D eigenvalue weighted by molar-refractivity contribution is -0.138. The lowest BCUT2D eigenvalue weighted by Crippen LogP contribution is -2.32. The van der Waals surface area contributed by atoms with E-state index >= 15 is 0 Å². The summed E-state index contributed by atoms with van der Waals surface area (Å²) >= 11 is 0. The van der Waals surface area contributed by atoms with Crippen LogP contribution >= 0.6 is 0 Å². The number of carbonyl (C=O) groups is 1. The second-order valence-corrected chi connectivity index (χ2v) is 3.03. The number of aliphatic carboxylic acids is 1. The van der Waals surface area contributed by atoms with Crippen LogP contribution < -0.4 is 11.1 Å². The molecule has 0 radical (unpaired) electrons. The zero-order valence-electron chi connectivity index (χ0n) is 7.81. The summed E-state index contributed by atoms with van der Waals surface area (Å²) in [4.78, 5) is 10.4. The van der Waals surface area contributed by atoms with Gasteiger partial charge in [-0.25, -0.2) is 0 Å². The monoisotopic (exact) mass is 194 g/mol. The van der Waals surface area contributed by atoms with Crippen LogP contribution in [0.2, 0.25) is 0 Å². The molecule has 4 nitrogen and oxygen atoms in total. The third-order valence-electron chi connectivity index (χ3n) is 1.88. The number of carboxylic acids is 1. The number of benzene rings is 1. The number of hydrogen-bond donors (Lipinski definition) is 3. The van der Waals surface area contributed by atoms with E-state index in [0.717, 1.165) is 5.69 Å². The van der Waals surface area contributed by atoms with E-state index in [-0.39, 0.29) is 0 Å². The Morgan fingerprint density at radius 1 is 1.43 bits per heavy atom. The van der Waals surface area contributed by atoms with E-state index in [1.165, 1.54) is 0 Å². The van der Waals surface area contributed by atoms with Crippen LogP contribution in [0.4, 0.5) is 5.69 Å². The highest BCUT2D eigenvalue weighted by atomic mass is 16.4. The molecule has 0 heterocycles. The molecule has 76 valence electrons. The van der Waals surface area contributed by atoms with Crippen LogP contribution in [-0.2, 0) is 4.79 Å². The van der Waals surface area contributed by atoms with Gasteiger partial charge in [-0.3, -0.25) is 4.79 Å². The number of hydrogen-bond acceptors (Lipinski definition) is 3. The summed E-state index contributed by atoms with van der Waals surface area (Å²) in [5.41, 5.74) is 6.32. The number of carboxylic acid groups (broad SMARTS) is 1. The quantitative estimate of drug-likeness (QED) is 0.651. The maximum atomic E-state index is 10.4. The lowest BCUT2D eigenvalue weighted by atomic mass is 10.2. The minimum Gasteiger partial charge on any atom is -0.480 e. The molecule has 1 unspecified atom stereocenters. The number of para-hydroxylation sites is 1. The Hall–Kier alpha value is -1.55. The van der Waals surface area contributed by atoms with Crippen LogP contribution in [-0.4, -0.2) is 23.7 Å². The molecule has 1 atom stereocenters. The van der Waals surface area contributed by atoms with Gasteiger partial charge in [-0.2, -0.15) is 0 Å². The normalized spacial score (nSPS) is 12.1. The molecular weight excluding hydrogens is 180 g/mol. The standard InChI is InChI=1S/C10H14N2O2/c11-9(10(13)14)6-7-12-8-4-2-1-3-5-8/h1-5,9,12H,6-7,11H2,(H,13,14). The summed E-state index contributed by atoms with van der Waals surface area (Å²) in [6.45, 7) is 0.567. The summed E-state index contributed by atoms with van der Waals surface area (Å²) in [6.07, 6.45) is 0.421. The Morgan fingerprint density at radius 2 is 2.07 bits per heavy atom. The van der Waals surface area contributed by atoms with Gasteiger partial charge in [-0.1, -0.05) is 18.2 Å². The summed E-state index contributed by atoms with van der Waals surface area (Å²) in [6, 6.07) is 8.82. The largest absolute Gasteiger partial charge is 0.480 e. The Bertz CT molecular complexity index is 287. The van der Waals surface area contributed by atoms with E-state index in [0.29, 0.717) is 13.0 Å². The zero-order valence-corrected chi connectivity index (χ0v) is 7.81. The lowest BCUT2D eigenvalue weighted by Gasteiger charge is -2.08. The molecule has 0 aliphatic carbocycles. The van der Waals surface area contributed by atoms with E-state index in [9.17, 15) is 4.79 Å². The zero-order chi connectivity index (χ0) is 10.4. The molecule has 4 heteroatoms. The van der Waals surface area contributed by atoms with Crippen LogP contribution in [0.1, 0.15) is 6.42 Å². The fourth-order valence-corrected chi connectivity index (χ4v) is 1.05. The van der Waals surface area contributed by atoms with Gasteiger partial charge in [-0.15, -0.1) is 0 Å². The van der Waals surface area contributed by atoms with Crippen molar-refractivity contribution >= 4 is 11.7 Å². The molecule has 0 aromatic heterocycles. The molecule has 0 bridgehead atoms. The molecule has 1 aromatic rings. The molecule has 0 aliphatic rings. The van der Waals surface area contributed by atoms with Gasteiger partial charge >= 0.3 is 5.97 Å². The van der Waals surface area contributed by atoms with E-state index in [1.807, 2.05) is 30.3 Å². The predicted octanol–water partition coefficient (Wildman–Crippen LogP) is 0.900. The third-order valence-corrected chi connectivity index (χ3v) is 1.88. The summed E-state index contributed by atoms with van der Waals surface area (Å²) in [7, 11) is 0. The number of nitrogens with two attached hydrogens (primary N) is 1. The van der Waals surface area contributed by atoms with Crippen molar-refractivity contribution in [3.63, 3.8) is 0 Å². The minimum absolute atomic E-state index is 0.421. The van der Waals surface area contributed by atoms with Gasteiger partial charge in [0.1, 0.15) is 6.04 Å². The van der Waals surface area contributed by atoms with Crippen LogP contribution in [0.5, 0.6) is 0 Å². The van der Waals surface area contributed by atoms with Crippen molar-refractivity contribution in [1.82, 2.24) is 0 Å². The third kappa shape index (κ3) is 3.45. The average molecular weight is 194 g/mol. The summed E-state index contributed by atoms with van der Waals surface area (Å²) in [5.74, 6) is -0.958. The SMILES string of the molecule is NC(CCNc1ccccc1)C(=O)O. The molecule has 0 aliphatic heterocycles. The summed E-state index contributed by atoms with van der Waals surface area (Å²) < 4.78 is 0. The van der Waals surface area contributed by atoms with Gasteiger partial charge in [0.05, 0.1) is 0 Å². The predicted molar refractivity (Wildman–Crippen MR) is 55.2 cm³/mol. The average Bonchev–Trinajstić information content (AvgIpc) is 2.19. The Balaban J connectivity index is 2.26. The van der Waals surface area contributed by atoms with Gasteiger partial charge in [0.25, 0.3) is 0 Å². The molecule has 0 saturated carbocycles. The van der Waals surface area contributed by atoms with Gasteiger partial charge in [0.2, 0.25) is 0 Å². The second kappa shape index (κ2) is 5.24. The van der Waals surface area contributed by atoms with Gasteiger partial charge in [0, 0.05) is 12.2 Å².